The summed E-state index contributed by atoms with van der Waals surface area (Å²) in [7, 11) is 0. The van der Waals surface area contributed by atoms with E-state index < -0.39 is 5.54 Å². The summed E-state index contributed by atoms with van der Waals surface area (Å²) in [6.07, 6.45) is 4.42. The molecule has 1 fully saturated rings. The number of nitrogens with one attached hydrogen (secondary N) is 1. The predicted molar refractivity (Wildman–Crippen MR) is 67.4 cm³/mol. The third-order valence-electron chi connectivity index (χ3n) is 3.16. The molecule has 0 radical (unpaired) electrons. The SMILES string of the molecule is CC(C)(N)CC(=O)N1CCCC1c1ccc[nH]1. The predicted octanol–water partition coefficient (Wildman–Crippen LogP) is 1.81. The highest BCUT2D eigenvalue weighted by atomic mass is 16.2. The van der Waals surface area contributed by atoms with Gasteiger partial charge in [-0.3, -0.25) is 4.79 Å². The van der Waals surface area contributed by atoms with E-state index in [-0.39, 0.29) is 11.9 Å². The van der Waals surface area contributed by atoms with E-state index in [4.69, 9.17) is 5.73 Å². The van der Waals surface area contributed by atoms with Crippen LogP contribution in [0.2, 0.25) is 0 Å². The van der Waals surface area contributed by atoms with Gasteiger partial charge in [-0.2, -0.15) is 0 Å². The first kappa shape index (κ1) is 12.2. The second-order valence-electron chi connectivity index (χ2n) is 5.54. The van der Waals surface area contributed by atoms with Crippen LogP contribution in [-0.2, 0) is 4.79 Å². The number of carbonyl (C=O) groups excluding carboxylic acids is 1. The fourth-order valence-electron chi connectivity index (χ4n) is 2.43. The van der Waals surface area contributed by atoms with Gasteiger partial charge in [-0.1, -0.05) is 0 Å². The Hall–Kier alpha value is -1.29. The third-order valence-corrected chi connectivity index (χ3v) is 3.16. The summed E-state index contributed by atoms with van der Waals surface area (Å²) in [6.45, 7) is 4.63. The van der Waals surface area contributed by atoms with Gasteiger partial charge in [0.05, 0.1) is 6.04 Å². The number of aromatic amines is 1. The Morgan fingerprint density at radius 3 is 3.00 bits per heavy atom. The normalized spacial score (nSPS) is 20.9. The van der Waals surface area contributed by atoms with E-state index in [1.54, 1.807) is 0 Å². The van der Waals surface area contributed by atoms with Crippen LogP contribution < -0.4 is 5.73 Å². The lowest BCUT2D eigenvalue weighted by atomic mass is 10.0. The molecule has 0 aliphatic carbocycles. The minimum atomic E-state index is -0.431. The van der Waals surface area contributed by atoms with E-state index in [2.05, 4.69) is 4.98 Å². The highest BCUT2D eigenvalue weighted by Crippen LogP contribution is 2.31. The monoisotopic (exact) mass is 235 g/mol. The number of H-pyrrole nitrogens is 1. The average molecular weight is 235 g/mol. The van der Waals surface area contributed by atoms with Crippen LogP contribution in [0.4, 0.5) is 0 Å². The quantitative estimate of drug-likeness (QED) is 0.839. The lowest BCUT2D eigenvalue weighted by Crippen LogP contribution is -2.41. The molecule has 0 bridgehead atoms. The lowest BCUT2D eigenvalue weighted by molar-refractivity contribution is -0.133. The Balaban J connectivity index is 2.07. The van der Waals surface area contributed by atoms with Gasteiger partial charge in [-0.05, 0) is 38.8 Å². The second kappa shape index (κ2) is 4.53. The highest BCUT2D eigenvalue weighted by Gasteiger charge is 2.32. The van der Waals surface area contributed by atoms with E-state index in [0.717, 1.165) is 25.1 Å². The Morgan fingerprint density at radius 2 is 2.41 bits per heavy atom. The maximum Gasteiger partial charge on any atom is 0.224 e. The van der Waals surface area contributed by atoms with Gasteiger partial charge in [0.15, 0.2) is 0 Å². The van der Waals surface area contributed by atoms with Crippen molar-refractivity contribution in [3.8, 4) is 0 Å². The van der Waals surface area contributed by atoms with Crippen LogP contribution in [0.1, 0.15) is 44.8 Å². The highest BCUT2D eigenvalue weighted by molar-refractivity contribution is 5.78. The zero-order valence-electron chi connectivity index (χ0n) is 10.6. The smallest absolute Gasteiger partial charge is 0.224 e. The van der Waals surface area contributed by atoms with Crippen molar-refractivity contribution in [1.29, 1.82) is 0 Å². The Bertz CT molecular complexity index is 378. The number of nitrogens with two attached hydrogens (primary N) is 1. The fourth-order valence-corrected chi connectivity index (χ4v) is 2.43. The van der Waals surface area contributed by atoms with Gasteiger partial charge in [0.1, 0.15) is 0 Å². The number of aromatic nitrogens is 1. The molecule has 0 saturated carbocycles. The zero-order chi connectivity index (χ0) is 12.5. The maximum atomic E-state index is 12.2. The van der Waals surface area contributed by atoms with Crippen molar-refractivity contribution in [2.75, 3.05) is 6.54 Å². The van der Waals surface area contributed by atoms with Gasteiger partial charge in [-0.15, -0.1) is 0 Å². The summed E-state index contributed by atoms with van der Waals surface area (Å²) in [6, 6.07) is 4.23. The first-order valence-electron chi connectivity index (χ1n) is 6.19. The summed E-state index contributed by atoms with van der Waals surface area (Å²) in [5.41, 5.74) is 6.61. The van der Waals surface area contributed by atoms with Crippen molar-refractivity contribution in [3.05, 3.63) is 24.0 Å². The van der Waals surface area contributed by atoms with Crippen molar-refractivity contribution in [1.82, 2.24) is 9.88 Å². The van der Waals surface area contributed by atoms with Gasteiger partial charge < -0.3 is 15.6 Å². The van der Waals surface area contributed by atoms with Crippen molar-refractivity contribution in [2.24, 2.45) is 5.73 Å². The first-order valence-corrected chi connectivity index (χ1v) is 6.19. The molecule has 1 aromatic rings. The van der Waals surface area contributed by atoms with E-state index >= 15 is 0 Å². The van der Waals surface area contributed by atoms with Crippen molar-refractivity contribution >= 4 is 5.91 Å². The van der Waals surface area contributed by atoms with Crippen LogP contribution in [0.5, 0.6) is 0 Å². The van der Waals surface area contributed by atoms with Crippen molar-refractivity contribution in [3.63, 3.8) is 0 Å². The average Bonchev–Trinajstić information content (AvgIpc) is 2.85. The molecular formula is C13H21N3O. The minimum absolute atomic E-state index is 0.162. The molecule has 3 N–H and O–H groups in total. The molecule has 1 aromatic heterocycles. The molecule has 1 amide bonds. The van der Waals surface area contributed by atoms with Crippen molar-refractivity contribution in [2.45, 2.75) is 44.7 Å². The standard InChI is InChI=1S/C13H21N3O/c1-13(2,14)9-12(17)16-8-4-6-11(16)10-5-3-7-15-10/h3,5,7,11,15H,4,6,8-9,14H2,1-2H3. The largest absolute Gasteiger partial charge is 0.363 e. The summed E-state index contributed by atoms with van der Waals surface area (Å²) < 4.78 is 0. The molecule has 4 heteroatoms. The molecule has 2 heterocycles. The fraction of sp³-hybridized carbons (Fsp3) is 0.615. The molecule has 1 unspecified atom stereocenters. The molecule has 0 aromatic carbocycles. The van der Waals surface area contributed by atoms with Crippen LogP contribution in [-0.4, -0.2) is 27.9 Å². The molecular weight excluding hydrogens is 214 g/mol. The molecule has 4 nitrogen and oxygen atoms in total. The molecule has 0 spiro atoms. The Kier molecular flexibility index (Phi) is 3.24. The molecule has 1 aliphatic heterocycles. The summed E-state index contributed by atoms with van der Waals surface area (Å²) in [4.78, 5) is 17.4. The zero-order valence-corrected chi connectivity index (χ0v) is 10.6. The summed E-state index contributed by atoms with van der Waals surface area (Å²) in [5.74, 6) is 0.162. The molecule has 1 saturated heterocycles. The Morgan fingerprint density at radius 1 is 1.65 bits per heavy atom. The molecule has 17 heavy (non-hydrogen) atoms. The van der Waals surface area contributed by atoms with Gasteiger partial charge >= 0.3 is 0 Å². The molecule has 94 valence electrons. The number of hydrogen-bond acceptors (Lipinski definition) is 2. The Labute approximate surface area is 102 Å². The van der Waals surface area contributed by atoms with Crippen molar-refractivity contribution < 1.29 is 4.79 Å². The van der Waals surface area contributed by atoms with Gasteiger partial charge in [-0.25, -0.2) is 0 Å². The maximum absolute atomic E-state index is 12.2. The minimum Gasteiger partial charge on any atom is -0.363 e. The molecule has 2 rings (SSSR count). The van der Waals surface area contributed by atoms with Crippen LogP contribution in [0, 0.1) is 0 Å². The number of nitrogens with zero attached hydrogens (tertiary/aromatic N) is 1. The van der Waals surface area contributed by atoms with E-state index in [1.807, 2.05) is 37.1 Å². The number of rotatable bonds is 3. The first-order chi connectivity index (χ1) is 7.97. The second-order valence-corrected chi connectivity index (χ2v) is 5.54. The van der Waals surface area contributed by atoms with Gasteiger partial charge in [0, 0.05) is 30.4 Å². The lowest BCUT2D eigenvalue weighted by Gasteiger charge is -2.27. The number of amides is 1. The van der Waals surface area contributed by atoms with Gasteiger partial charge in [0.2, 0.25) is 5.91 Å². The topological polar surface area (TPSA) is 62.1 Å². The van der Waals surface area contributed by atoms with Crippen LogP contribution in [0.25, 0.3) is 0 Å². The van der Waals surface area contributed by atoms with Gasteiger partial charge in [0.25, 0.3) is 0 Å². The third kappa shape index (κ3) is 2.88. The number of likely N-dealkylation sites (tertiary alicyclic amines) is 1. The van der Waals surface area contributed by atoms with Crippen LogP contribution in [0.15, 0.2) is 18.3 Å². The number of carbonyl (C=O) groups is 1. The van der Waals surface area contributed by atoms with E-state index in [1.165, 1.54) is 0 Å². The molecule has 1 atom stereocenters. The molecule has 1 aliphatic rings. The summed E-state index contributed by atoms with van der Waals surface area (Å²) >= 11 is 0. The van der Waals surface area contributed by atoms with E-state index in [0.29, 0.717) is 6.42 Å². The number of hydrogen-bond donors (Lipinski definition) is 2. The summed E-state index contributed by atoms with van der Waals surface area (Å²) in [5, 5.41) is 0. The van der Waals surface area contributed by atoms with E-state index in [9.17, 15) is 4.79 Å². The van der Waals surface area contributed by atoms with Crippen LogP contribution in [0.3, 0.4) is 0 Å². The van der Waals surface area contributed by atoms with Crippen LogP contribution >= 0.6 is 0 Å².